The van der Waals surface area contributed by atoms with E-state index < -0.39 is 0 Å². The largest absolute Gasteiger partial charge is 0.328 e. The molecule has 1 aromatic rings. The smallest absolute Gasteiger partial charge is 0.0493 e. The summed E-state index contributed by atoms with van der Waals surface area (Å²) in [4.78, 5) is 0. The molecule has 0 aliphatic heterocycles. The van der Waals surface area contributed by atoms with Crippen LogP contribution in [0.4, 0.5) is 0 Å². The molecule has 3 heteroatoms. The first-order chi connectivity index (χ1) is 7.65. The van der Waals surface area contributed by atoms with Crippen LogP contribution >= 0.6 is 23.2 Å². The van der Waals surface area contributed by atoms with E-state index in [1.165, 1.54) is 5.57 Å². The fraction of sp³-hybridized carbons (Fsp3) is 0.385. The Balaban J connectivity index is 2.16. The Bertz CT molecular complexity index is 402. The van der Waals surface area contributed by atoms with Crippen LogP contribution in [0.25, 0.3) is 6.08 Å². The van der Waals surface area contributed by atoms with Gasteiger partial charge in [0.2, 0.25) is 0 Å². The van der Waals surface area contributed by atoms with Crippen LogP contribution in [-0.2, 0) is 0 Å². The molecule has 0 spiro atoms. The summed E-state index contributed by atoms with van der Waals surface area (Å²) in [5.41, 5.74) is 8.36. The Labute approximate surface area is 106 Å². The van der Waals surface area contributed by atoms with Gasteiger partial charge in [-0.1, -0.05) is 40.9 Å². The minimum absolute atomic E-state index is 0.373. The topological polar surface area (TPSA) is 26.0 Å². The van der Waals surface area contributed by atoms with Crippen molar-refractivity contribution >= 4 is 29.3 Å². The average molecular weight is 256 g/mol. The third kappa shape index (κ3) is 3.00. The molecule has 0 heterocycles. The fourth-order valence-electron chi connectivity index (χ4n) is 1.99. The first-order valence-electron chi connectivity index (χ1n) is 5.55. The van der Waals surface area contributed by atoms with Crippen LogP contribution in [0, 0.1) is 0 Å². The molecule has 0 aromatic heterocycles. The fourth-order valence-corrected chi connectivity index (χ4v) is 2.46. The second-order valence-electron chi connectivity index (χ2n) is 4.31. The maximum atomic E-state index is 6.12. The van der Waals surface area contributed by atoms with Gasteiger partial charge in [-0.25, -0.2) is 0 Å². The van der Waals surface area contributed by atoms with Gasteiger partial charge in [0, 0.05) is 16.1 Å². The first-order valence-corrected chi connectivity index (χ1v) is 6.31. The molecule has 16 heavy (non-hydrogen) atoms. The average Bonchev–Trinajstić information content (AvgIpc) is 2.25. The van der Waals surface area contributed by atoms with Crippen molar-refractivity contribution in [3.63, 3.8) is 0 Å². The molecule has 1 fully saturated rings. The second kappa shape index (κ2) is 5.22. The van der Waals surface area contributed by atoms with Crippen LogP contribution in [0.3, 0.4) is 0 Å². The first kappa shape index (κ1) is 12.0. The summed E-state index contributed by atoms with van der Waals surface area (Å²) in [6.07, 6.45) is 6.50. The zero-order valence-electron chi connectivity index (χ0n) is 9.05. The molecule has 0 saturated heterocycles. The van der Waals surface area contributed by atoms with Gasteiger partial charge in [0.15, 0.2) is 0 Å². The maximum Gasteiger partial charge on any atom is 0.0493 e. The van der Waals surface area contributed by atoms with E-state index in [2.05, 4.69) is 6.08 Å². The van der Waals surface area contributed by atoms with E-state index in [-0.39, 0.29) is 0 Å². The van der Waals surface area contributed by atoms with Crippen molar-refractivity contribution in [2.75, 3.05) is 0 Å². The predicted octanol–water partition coefficient (Wildman–Crippen LogP) is 4.28. The molecule has 1 saturated carbocycles. The molecule has 0 atom stereocenters. The highest BCUT2D eigenvalue weighted by molar-refractivity contribution is 6.35. The van der Waals surface area contributed by atoms with Crippen molar-refractivity contribution in [3.05, 3.63) is 39.4 Å². The van der Waals surface area contributed by atoms with Crippen molar-refractivity contribution < 1.29 is 0 Å². The van der Waals surface area contributed by atoms with Crippen LogP contribution < -0.4 is 5.73 Å². The number of nitrogens with two attached hydrogens (primary N) is 1. The molecule has 1 aromatic carbocycles. The number of rotatable bonds is 1. The number of benzene rings is 1. The number of hydrogen-bond donors (Lipinski definition) is 1. The quantitative estimate of drug-likeness (QED) is 0.797. The SMILES string of the molecule is NC1CCC(=Cc2ccc(Cl)cc2Cl)CC1. The Morgan fingerprint density at radius 1 is 1.19 bits per heavy atom. The highest BCUT2D eigenvalue weighted by Gasteiger charge is 2.12. The van der Waals surface area contributed by atoms with Crippen LogP contribution in [0.2, 0.25) is 10.0 Å². The molecule has 2 rings (SSSR count). The van der Waals surface area contributed by atoms with Crippen molar-refractivity contribution in [3.8, 4) is 0 Å². The zero-order chi connectivity index (χ0) is 11.5. The summed E-state index contributed by atoms with van der Waals surface area (Å²) in [5.74, 6) is 0. The Morgan fingerprint density at radius 3 is 2.50 bits per heavy atom. The third-order valence-electron chi connectivity index (χ3n) is 2.99. The molecule has 0 radical (unpaired) electrons. The standard InChI is InChI=1S/C13H15Cl2N/c14-11-4-3-10(13(15)8-11)7-9-1-5-12(16)6-2-9/h3-4,7-8,12H,1-2,5-6,16H2. The Hall–Kier alpha value is -0.500. The lowest BCUT2D eigenvalue weighted by molar-refractivity contribution is 0.514. The summed E-state index contributed by atoms with van der Waals surface area (Å²) in [6.45, 7) is 0. The highest BCUT2D eigenvalue weighted by atomic mass is 35.5. The van der Waals surface area contributed by atoms with E-state index in [0.717, 1.165) is 36.3 Å². The van der Waals surface area contributed by atoms with Gasteiger partial charge in [0.1, 0.15) is 0 Å². The minimum Gasteiger partial charge on any atom is -0.328 e. The summed E-state index contributed by atoms with van der Waals surface area (Å²) in [7, 11) is 0. The van der Waals surface area contributed by atoms with Crippen molar-refractivity contribution in [2.45, 2.75) is 31.7 Å². The van der Waals surface area contributed by atoms with Gasteiger partial charge in [0.05, 0.1) is 0 Å². The molecule has 1 aliphatic rings. The highest BCUT2D eigenvalue weighted by Crippen LogP contribution is 2.28. The molecular formula is C13H15Cl2N. The molecule has 0 amide bonds. The number of hydrogen-bond acceptors (Lipinski definition) is 1. The van der Waals surface area contributed by atoms with Crippen LogP contribution in [-0.4, -0.2) is 6.04 Å². The van der Waals surface area contributed by atoms with Gasteiger partial charge in [-0.3, -0.25) is 0 Å². The predicted molar refractivity (Wildman–Crippen MR) is 70.9 cm³/mol. The molecule has 2 N–H and O–H groups in total. The minimum atomic E-state index is 0.373. The number of halogens is 2. The lowest BCUT2D eigenvalue weighted by Gasteiger charge is -2.20. The summed E-state index contributed by atoms with van der Waals surface area (Å²) < 4.78 is 0. The van der Waals surface area contributed by atoms with Crippen molar-refractivity contribution in [1.82, 2.24) is 0 Å². The lowest BCUT2D eigenvalue weighted by atomic mass is 9.90. The van der Waals surface area contributed by atoms with E-state index in [0.29, 0.717) is 11.1 Å². The maximum absolute atomic E-state index is 6.12. The Kier molecular flexibility index (Phi) is 3.91. The summed E-state index contributed by atoms with van der Waals surface area (Å²) in [5, 5.41) is 1.40. The van der Waals surface area contributed by atoms with E-state index in [1.54, 1.807) is 6.07 Å². The number of allylic oxidation sites excluding steroid dienone is 1. The second-order valence-corrected chi connectivity index (χ2v) is 5.15. The molecule has 0 unspecified atom stereocenters. The van der Waals surface area contributed by atoms with Crippen LogP contribution in [0.15, 0.2) is 23.8 Å². The normalized spacial score (nSPS) is 20.9. The van der Waals surface area contributed by atoms with Crippen molar-refractivity contribution in [1.29, 1.82) is 0 Å². The molecule has 86 valence electrons. The molecule has 1 aliphatic carbocycles. The molecular weight excluding hydrogens is 241 g/mol. The third-order valence-corrected chi connectivity index (χ3v) is 3.56. The van der Waals surface area contributed by atoms with Crippen LogP contribution in [0.1, 0.15) is 31.2 Å². The lowest BCUT2D eigenvalue weighted by Crippen LogP contribution is -2.23. The monoisotopic (exact) mass is 255 g/mol. The Morgan fingerprint density at radius 2 is 1.88 bits per heavy atom. The van der Waals surface area contributed by atoms with Gasteiger partial charge in [-0.05, 0) is 43.4 Å². The van der Waals surface area contributed by atoms with Gasteiger partial charge in [-0.2, -0.15) is 0 Å². The van der Waals surface area contributed by atoms with Gasteiger partial charge in [0.25, 0.3) is 0 Å². The summed E-state index contributed by atoms with van der Waals surface area (Å²) in [6, 6.07) is 5.99. The molecule has 1 nitrogen and oxygen atoms in total. The van der Waals surface area contributed by atoms with Gasteiger partial charge < -0.3 is 5.73 Å². The van der Waals surface area contributed by atoms with E-state index >= 15 is 0 Å². The van der Waals surface area contributed by atoms with Crippen LogP contribution in [0.5, 0.6) is 0 Å². The zero-order valence-corrected chi connectivity index (χ0v) is 10.6. The van der Waals surface area contributed by atoms with Crippen molar-refractivity contribution in [2.24, 2.45) is 5.73 Å². The van der Waals surface area contributed by atoms with E-state index in [4.69, 9.17) is 28.9 Å². The summed E-state index contributed by atoms with van der Waals surface area (Å²) >= 11 is 12.0. The van der Waals surface area contributed by atoms with Gasteiger partial charge >= 0.3 is 0 Å². The van der Waals surface area contributed by atoms with Gasteiger partial charge in [-0.15, -0.1) is 0 Å². The van der Waals surface area contributed by atoms with E-state index in [9.17, 15) is 0 Å². The van der Waals surface area contributed by atoms with E-state index in [1.807, 2.05) is 12.1 Å². The molecule has 0 bridgehead atoms.